The Morgan fingerprint density at radius 2 is 2.19 bits per heavy atom. The van der Waals surface area contributed by atoms with Gasteiger partial charge in [0.1, 0.15) is 0 Å². The molecule has 0 aromatic heterocycles. The predicted octanol–water partition coefficient (Wildman–Crippen LogP) is 1.44. The zero-order valence-electron chi connectivity index (χ0n) is 10.7. The number of carbonyl (C=O) groups is 1. The van der Waals surface area contributed by atoms with Crippen molar-refractivity contribution in [3.8, 4) is 0 Å². The molecular weight excluding hydrogens is 206 g/mol. The van der Waals surface area contributed by atoms with Gasteiger partial charge in [-0.3, -0.25) is 4.79 Å². The van der Waals surface area contributed by atoms with Crippen LogP contribution in [0.25, 0.3) is 0 Å². The van der Waals surface area contributed by atoms with Gasteiger partial charge in [0, 0.05) is 20.1 Å². The first-order chi connectivity index (χ1) is 7.54. The van der Waals surface area contributed by atoms with E-state index in [-0.39, 0.29) is 24.2 Å². The summed E-state index contributed by atoms with van der Waals surface area (Å²) < 4.78 is 11.2. The van der Waals surface area contributed by atoms with Gasteiger partial charge in [-0.1, -0.05) is 0 Å². The van der Waals surface area contributed by atoms with Crippen LogP contribution in [0.5, 0.6) is 0 Å². The highest BCUT2D eigenvalue weighted by Crippen LogP contribution is 2.21. The molecule has 94 valence electrons. The number of hydrogen-bond donors (Lipinski definition) is 0. The van der Waals surface area contributed by atoms with E-state index < -0.39 is 0 Å². The number of ether oxygens (including phenoxy) is 2. The van der Waals surface area contributed by atoms with E-state index in [0.717, 1.165) is 6.42 Å². The summed E-state index contributed by atoms with van der Waals surface area (Å²) in [5, 5.41) is 0. The normalized spacial score (nSPS) is 25.4. The van der Waals surface area contributed by atoms with E-state index in [0.29, 0.717) is 19.8 Å². The maximum atomic E-state index is 11.5. The molecule has 1 aliphatic rings. The summed E-state index contributed by atoms with van der Waals surface area (Å²) in [5.41, 5.74) is 0. The first kappa shape index (κ1) is 13.5. The van der Waals surface area contributed by atoms with Gasteiger partial charge in [-0.15, -0.1) is 0 Å². The fraction of sp³-hybridized carbons (Fsp3) is 0.917. The lowest BCUT2D eigenvalue weighted by atomic mass is 10.2. The van der Waals surface area contributed by atoms with Crippen molar-refractivity contribution in [2.75, 3.05) is 19.8 Å². The molecule has 0 bridgehead atoms. The quantitative estimate of drug-likeness (QED) is 0.716. The van der Waals surface area contributed by atoms with Crippen molar-refractivity contribution in [1.82, 2.24) is 4.90 Å². The topological polar surface area (TPSA) is 38.8 Å². The molecule has 0 aromatic carbocycles. The number of likely N-dealkylation sites (tertiary alicyclic amines) is 1. The van der Waals surface area contributed by atoms with Crippen molar-refractivity contribution in [2.24, 2.45) is 0 Å². The van der Waals surface area contributed by atoms with Crippen LogP contribution in [-0.2, 0) is 14.3 Å². The van der Waals surface area contributed by atoms with Crippen molar-refractivity contribution in [1.29, 1.82) is 0 Å². The lowest BCUT2D eigenvalue weighted by Crippen LogP contribution is -2.37. The summed E-state index contributed by atoms with van der Waals surface area (Å²) in [6, 6.07) is 0.177. The summed E-state index contributed by atoms with van der Waals surface area (Å²) in [4.78, 5) is 13.3. The fourth-order valence-corrected chi connectivity index (χ4v) is 2.08. The SMILES string of the molecule is CCO[C@@H]1C[C@@H](COC(C)C)N(C(C)=O)C1. The van der Waals surface area contributed by atoms with E-state index in [2.05, 4.69) is 0 Å². The number of amides is 1. The van der Waals surface area contributed by atoms with Crippen LogP contribution in [0.15, 0.2) is 0 Å². The number of nitrogens with zero attached hydrogens (tertiary/aromatic N) is 1. The third-order valence-electron chi connectivity index (χ3n) is 2.80. The van der Waals surface area contributed by atoms with Crippen LogP contribution >= 0.6 is 0 Å². The summed E-state index contributed by atoms with van der Waals surface area (Å²) >= 11 is 0. The Labute approximate surface area is 97.9 Å². The second kappa shape index (κ2) is 6.21. The van der Waals surface area contributed by atoms with Gasteiger partial charge < -0.3 is 14.4 Å². The van der Waals surface area contributed by atoms with E-state index in [9.17, 15) is 4.79 Å². The Kier molecular flexibility index (Phi) is 5.22. The lowest BCUT2D eigenvalue weighted by molar-refractivity contribution is -0.131. The Hall–Kier alpha value is -0.610. The second-order valence-corrected chi connectivity index (χ2v) is 4.52. The second-order valence-electron chi connectivity index (χ2n) is 4.52. The molecule has 0 aromatic rings. The molecule has 0 N–H and O–H groups in total. The van der Waals surface area contributed by atoms with Gasteiger partial charge in [0.25, 0.3) is 0 Å². The molecule has 1 rings (SSSR count). The third kappa shape index (κ3) is 3.76. The number of hydrogen-bond acceptors (Lipinski definition) is 3. The number of rotatable bonds is 5. The van der Waals surface area contributed by atoms with E-state index in [1.165, 1.54) is 0 Å². The van der Waals surface area contributed by atoms with Crippen LogP contribution < -0.4 is 0 Å². The molecule has 4 nitrogen and oxygen atoms in total. The van der Waals surface area contributed by atoms with Gasteiger partial charge in [-0.2, -0.15) is 0 Å². The molecule has 0 saturated carbocycles. The van der Waals surface area contributed by atoms with E-state index in [4.69, 9.17) is 9.47 Å². The largest absolute Gasteiger partial charge is 0.377 e. The zero-order valence-corrected chi connectivity index (χ0v) is 10.7. The Morgan fingerprint density at radius 1 is 1.50 bits per heavy atom. The molecule has 0 spiro atoms. The Morgan fingerprint density at radius 3 is 2.69 bits per heavy atom. The molecular formula is C12H23NO3. The first-order valence-electron chi connectivity index (χ1n) is 6.05. The standard InChI is InChI=1S/C12H23NO3/c1-5-15-12-6-11(8-16-9(2)3)13(7-12)10(4)14/h9,11-12H,5-8H2,1-4H3/t11-,12+/m0/s1. The van der Waals surface area contributed by atoms with Gasteiger partial charge >= 0.3 is 0 Å². The molecule has 0 unspecified atom stereocenters. The van der Waals surface area contributed by atoms with Crippen molar-refractivity contribution >= 4 is 5.91 Å². The van der Waals surface area contributed by atoms with Gasteiger partial charge in [0.05, 0.1) is 24.9 Å². The van der Waals surface area contributed by atoms with Crippen LogP contribution in [-0.4, -0.2) is 48.8 Å². The van der Waals surface area contributed by atoms with Crippen LogP contribution in [0.3, 0.4) is 0 Å². The van der Waals surface area contributed by atoms with Crippen molar-refractivity contribution in [3.05, 3.63) is 0 Å². The third-order valence-corrected chi connectivity index (χ3v) is 2.80. The van der Waals surface area contributed by atoms with Gasteiger partial charge in [0.15, 0.2) is 0 Å². The van der Waals surface area contributed by atoms with Crippen LogP contribution in [0.2, 0.25) is 0 Å². The highest BCUT2D eigenvalue weighted by Gasteiger charge is 2.34. The molecule has 1 fully saturated rings. The monoisotopic (exact) mass is 229 g/mol. The molecule has 1 heterocycles. The Balaban J connectivity index is 2.48. The Bertz CT molecular complexity index is 230. The highest BCUT2D eigenvalue weighted by atomic mass is 16.5. The van der Waals surface area contributed by atoms with Crippen LogP contribution in [0.1, 0.15) is 34.1 Å². The molecule has 1 amide bonds. The van der Waals surface area contributed by atoms with E-state index in [1.54, 1.807) is 6.92 Å². The molecule has 2 atom stereocenters. The smallest absolute Gasteiger partial charge is 0.219 e. The summed E-state index contributed by atoms with van der Waals surface area (Å²) in [5.74, 6) is 0.111. The maximum absolute atomic E-state index is 11.5. The van der Waals surface area contributed by atoms with Crippen LogP contribution in [0.4, 0.5) is 0 Å². The molecule has 16 heavy (non-hydrogen) atoms. The molecule has 1 saturated heterocycles. The first-order valence-corrected chi connectivity index (χ1v) is 6.05. The lowest BCUT2D eigenvalue weighted by Gasteiger charge is -2.23. The fourth-order valence-electron chi connectivity index (χ4n) is 2.08. The summed E-state index contributed by atoms with van der Waals surface area (Å²) in [6.07, 6.45) is 1.27. The number of carbonyl (C=O) groups excluding carboxylic acids is 1. The van der Waals surface area contributed by atoms with E-state index in [1.807, 2.05) is 25.7 Å². The average Bonchev–Trinajstić information content (AvgIpc) is 2.59. The minimum Gasteiger partial charge on any atom is -0.377 e. The minimum absolute atomic E-state index is 0.111. The van der Waals surface area contributed by atoms with Gasteiger partial charge in [-0.25, -0.2) is 0 Å². The van der Waals surface area contributed by atoms with Crippen molar-refractivity contribution < 1.29 is 14.3 Å². The van der Waals surface area contributed by atoms with Gasteiger partial charge in [-0.05, 0) is 27.2 Å². The molecule has 0 radical (unpaired) electrons. The van der Waals surface area contributed by atoms with Crippen molar-refractivity contribution in [2.45, 2.75) is 52.4 Å². The summed E-state index contributed by atoms with van der Waals surface area (Å²) in [7, 11) is 0. The maximum Gasteiger partial charge on any atom is 0.219 e. The van der Waals surface area contributed by atoms with E-state index >= 15 is 0 Å². The predicted molar refractivity (Wildman–Crippen MR) is 62.3 cm³/mol. The van der Waals surface area contributed by atoms with Crippen LogP contribution in [0, 0.1) is 0 Å². The molecule has 1 aliphatic heterocycles. The van der Waals surface area contributed by atoms with Crippen molar-refractivity contribution in [3.63, 3.8) is 0 Å². The minimum atomic E-state index is 0.111. The average molecular weight is 229 g/mol. The van der Waals surface area contributed by atoms with Gasteiger partial charge in [0.2, 0.25) is 5.91 Å². The molecule has 0 aliphatic carbocycles. The molecule has 4 heteroatoms. The summed E-state index contributed by atoms with van der Waals surface area (Å²) in [6.45, 7) is 9.62. The zero-order chi connectivity index (χ0) is 12.1. The highest BCUT2D eigenvalue weighted by molar-refractivity contribution is 5.74.